The number of allylic oxidation sites excluding steroid dienone is 1. The first-order valence-corrected chi connectivity index (χ1v) is 3.21. The van der Waals surface area contributed by atoms with Crippen molar-refractivity contribution in [2.24, 2.45) is 0 Å². The Bertz CT molecular complexity index is 227. The molecule has 3 heteroatoms. The van der Waals surface area contributed by atoms with Gasteiger partial charge in [0.25, 0.3) is 0 Å². The number of rotatable bonds is 2. The molecular weight excluding hydrogens is 128 g/mol. The fraction of sp³-hybridized carbons (Fsp3) is 0.286. The van der Waals surface area contributed by atoms with Gasteiger partial charge in [-0.05, 0) is 12.5 Å². The van der Waals surface area contributed by atoms with Crippen molar-refractivity contribution in [1.82, 2.24) is 5.16 Å². The van der Waals surface area contributed by atoms with Gasteiger partial charge in [0.2, 0.25) is 0 Å². The van der Waals surface area contributed by atoms with Crippen LogP contribution in [-0.4, -0.2) is 5.16 Å². The summed E-state index contributed by atoms with van der Waals surface area (Å²) in [7, 11) is 0. The van der Waals surface area contributed by atoms with E-state index in [1.165, 1.54) is 6.20 Å². The Morgan fingerprint density at radius 3 is 3.10 bits per heavy atom. The molecule has 0 radical (unpaired) electrons. The van der Waals surface area contributed by atoms with Gasteiger partial charge in [-0.25, -0.2) is 0 Å². The van der Waals surface area contributed by atoms with Crippen LogP contribution in [0.2, 0.25) is 0 Å². The summed E-state index contributed by atoms with van der Waals surface area (Å²) < 4.78 is 4.80. The molecule has 0 saturated carbocycles. The Kier molecular flexibility index (Phi) is 2.10. The molecule has 1 rings (SSSR count). The van der Waals surface area contributed by atoms with Crippen LogP contribution < -0.4 is 5.73 Å². The minimum Gasteiger partial charge on any atom is -0.394 e. The molecule has 0 saturated heterocycles. The van der Waals surface area contributed by atoms with Gasteiger partial charge < -0.3 is 10.3 Å². The molecule has 0 aliphatic carbocycles. The van der Waals surface area contributed by atoms with Gasteiger partial charge in [-0.2, -0.15) is 0 Å². The minimum absolute atomic E-state index is 0.588. The van der Waals surface area contributed by atoms with Gasteiger partial charge in [0.15, 0.2) is 5.76 Å². The molecule has 10 heavy (non-hydrogen) atoms. The second-order valence-electron chi connectivity index (χ2n) is 1.96. The molecule has 0 bridgehead atoms. The Balaban J connectivity index is 2.74. The third-order valence-corrected chi connectivity index (χ3v) is 1.13. The number of aromatic nitrogens is 1. The van der Waals surface area contributed by atoms with E-state index >= 15 is 0 Å². The molecule has 0 aromatic carbocycles. The molecule has 0 fully saturated rings. The number of hydrogen-bond acceptors (Lipinski definition) is 3. The van der Waals surface area contributed by atoms with Crippen molar-refractivity contribution < 1.29 is 4.52 Å². The Morgan fingerprint density at radius 2 is 2.60 bits per heavy atom. The topological polar surface area (TPSA) is 52.0 Å². The van der Waals surface area contributed by atoms with Crippen molar-refractivity contribution in [2.45, 2.75) is 13.3 Å². The van der Waals surface area contributed by atoms with E-state index in [1.54, 1.807) is 0 Å². The lowest BCUT2D eigenvalue weighted by Crippen LogP contribution is -1.81. The van der Waals surface area contributed by atoms with Crippen molar-refractivity contribution in [3.8, 4) is 0 Å². The van der Waals surface area contributed by atoms with E-state index in [9.17, 15) is 0 Å². The molecule has 1 aromatic heterocycles. The normalized spacial score (nSPS) is 10.9. The van der Waals surface area contributed by atoms with Gasteiger partial charge in [0.1, 0.15) is 0 Å². The van der Waals surface area contributed by atoms with Crippen LogP contribution >= 0.6 is 0 Å². The first kappa shape index (κ1) is 6.86. The molecular formula is C7H10N2O. The smallest absolute Gasteiger partial charge is 0.182 e. The number of nitrogen functional groups attached to an aromatic ring is 1. The van der Waals surface area contributed by atoms with E-state index in [0.717, 1.165) is 6.42 Å². The summed E-state index contributed by atoms with van der Waals surface area (Å²) in [6, 6.07) is 0. The average Bonchev–Trinajstić information content (AvgIpc) is 2.31. The minimum atomic E-state index is 0.588. The lowest BCUT2D eigenvalue weighted by atomic mass is 10.3. The van der Waals surface area contributed by atoms with Crippen LogP contribution in [0, 0.1) is 0 Å². The molecule has 1 heterocycles. The molecule has 1 aromatic rings. The van der Waals surface area contributed by atoms with Gasteiger partial charge in [0, 0.05) is 0 Å². The molecule has 3 nitrogen and oxygen atoms in total. The number of anilines is 1. The lowest BCUT2D eigenvalue weighted by molar-refractivity contribution is 0.413. The first-order valence-electron chi connectivity index (χ1n) is 3.21. The fourth-order valence-corrected chi connectivity index (χ4v) is 0.608. The first-order chi connectivity index (χ1) is 4.84. The summed E-state index contributed by atoms with van der Waals surface area (Å²) in [6.45, 7) is 2.04. The molecule has 2 N–H and O–H groups in total. The van der Waals surface area contributed by atoms with E-state index in [4.69, 9.17) is 10.3 Å². The summed E-state index contributed by atoms with van der Waals surface area (Å²) in [4.78, 5) is 0. The second-order valence-corrected chi connectivity index (χ2v) is 1.96. The molecule has 54 valence electrons. The number of hydrogen-bond donors (Lipinski definition) is 1. The quantitative estimate of drug-likeness (QED) is 0.676. The zero-order chi connectivity index (χ0) is 7.40. The lowest BCUT2D eigenvalue weighted by Gasteiger charge is -1.83. The van der Waals surface area contributed by atoms with Crippen molar-refractivity contribution in [3.05, 3.63) is 18.0 Å². The SMILES string of the molecule is CC/C=C/c1oncc1N. The van der Waals surface area contributed by atoms with E-state index in [1.807, 2.05) is 19.1 Å². The average molecular weight is 138 g/mol. The summed E-state index contributed by atoms with van der Waals surface area (Å²) in [5, 5.41) is 3.52. The fourth-order valence-electron chi connectivity index (χ4n) is 0.608. The van der Waals surface area contributed by atoms with Gasteiger partial charge in [-0.1, -0.05) is 18.2 Å². The van der Waals surface area contributed by atoms with E-state index in [0.29, 0.717) is 11.4 Å². The molecule has 0 atom stereocenters. The van der Waals surface area contributed by atoms with Crippen LogP contribution in [0.15, 0.2) is 16.8 Å². The van der Waals surface area contributed by atoms with Gasteiger partial charge in [-0.3, -0.25) is 0 Å². The zero-order valence-corrected chi connectivity index (χ0v) is 5.87. The van der Waals surface area contributed by atoms with Crippen LogP contribution in [0.5, 0.6) is 0 Å². The molecule has 0 aliphatic rings. The molecule has 0 aliphatic heterocycles. The van der Waals surface area contributed by atoms with E-state index < -0.39 is 0 Å². The van der Waals surface area contributed by atoms with Crippen molar-refractivity contribution >= 4 is 11.8 Å². The maximum Gasteiger partial charge on any atom is 0.182 e. The highest BCUT2D eigenvalue weighted by molar-refractivity contribution is 5.57. The second kappa shape index (κ2) is 3.06. The monoisotopic (exact) mass is 138 g/mol. The molecule has 0 spiro atoms. The highest BCUT2D eigenvalue weighted by atomic mass is 16.5. The van der Waals surface area contributed by atoms with Gasteiger partial charge in [0.05, 0.1) is 11.9 Å². The number of nitrogens with zero attached hydrogens (tertiary/aromatic N) is 1. The third kappa shape index (κ3) is 1.37. The van der Waals surface area contributed by atoms with Crippen molar-refractivity contribution in [2.75, 3.05) is 5.73 Å². The van der Waals surface area contributed by atoms with Gasteiger partial charge in [-0.15, -0.1) is 0 Å². The van der Waals surface area contributed by atoms with Crippen LogP contribution in [0.1, 0.15) is 19.1 Å². The summed E-state index contributed by atoms with van der Waals surface area (Å²) >= 11 is 0. The Hall–Kier alpha value is -1.25. The van der Waals surface area contributed by atoms with Gasteiger partial charge >= 0.3 is 0 Å². The maximum atomic E-state index is 5.47. The summed E-state index contributed by atoms with van der Waals surface area (Å²) in [5.41, 5.74) is 6.06. The largest absolute Gasteiger partial charge is 0.394 e. The third-order valence-electron chi connectivity index (χ3n) is 1.13. The predicted molar refractivity (Wildman–Crippen MR) is 40.2 cm³/mol. The Labute approximate surface area is 59.5 Å². The summed E-state index contributed by atoms with van der Waals surface area (Å²) in [6.07, 6.45) is 6.26. The van der Waals surface area contributed by atoms with E-state index in [2.05, 4.69) is 5.16 Å². The van der Waals surface area contributed by atoms with Crippen LogP contribution in [0.4, 0.5) is 5.69 Å². The van der Waals surface area contributed by atoms with Crippen LogP contribution in [0.25, 0.3) is 6.08 Å². The summed E-state index contributed by atoms with van der Waals surface area (Å²) in [5.74, 6) is 0.641. The maximum absolute atomic E-state index is 5.47. The number of nitrogens with two attached hydrogens (primary N) is 1. The van der Waals surface area contributed by atoms with E-state index in [-0.39, 0.29) is 0 Å². The Morgan fingerprint density at radius 1 is 1.80 bits per heavy atom. The highest BCUT2D eigenvalue weighted by Crippen LogP contribution is 2.11. The van der Waals surface area contributed by atoms with Crippen LogP contribution in [-0.2, 0) is 0 Å². The van der Waals surface area contributed by atoms with Crippen molar-refractivity contribution in [1.29, 1.82) is 0 Å². The zero-order valence-electron chi connectivity index (χ0n) is 5.87. The van der Waals surface area contributed by atoms with Crippen molar-refractivity contribution in [3.63, 3.8) is 0 Å². The highest BCUT2D eigenvalue weighted by Gasteiger charge is 1.96. The predicted octanol–water partition coefficient (Wildman–Crippen LogP) is 1.68. The standard InChI is InChI=1S/C7H10N2O/c1-2-3-4-7-6(8)5-9-10-7/h3-5H,2,8H2,1H3/b4-3+. The molecule has 0 amide bonds. The van der Waals surface area contributed by atoms with Crippen LogP contribution in [0.3, 0.4) is 0 Å². The molecule has 0 unspecified atom stereocenters.